The van der Waals surface area contributed by atoms with Gasteiger partial charge in [-0.3, -0.25) is 0 Å². The van der Waals surface area contributed by atoms with Crippen molar-refractivity contribution in [3.8, 4) is 0 Å². The first-order valence-electron chi connectivity index (χ1n) is 7.80. The molecule has 1 aromatic rings. The third-order valence-corrected chi connectivity index (χ3v) is 6.48. The average molecular weight is 328 g/mol. The monoisotopic (exact) mass is 327 g/mol. The summed E-state index contributed by atoms with van der Waals surface area (Å²) in [6.07, 6.45) is 5.65. The molecule has 0 spiro atoms. The molecule has 120 valence electrons. The molecule has 5 heteroatoms. The van der Waals surface area contributed by atoms with Crippen LogP contribution in [0.3, 0.4) is 0 Å². The fourth-order valence-corrected chi connectivity index (χ4v) is 5.23. The van der Waals surface area contributed by atoms with Crippen molar-refractivity contribution in [3.05, 3.63) is 10.6 Å². The van der Waals surface area contributed by atoms with Crippen LogP contribution in [0.15, 0.2) is 0 Å². The van der Waals surface area contributed by atoms with Crippen LogP contribution >= 0.6 is 23.1 Å². The van der Waals surface area contributed by atoms with Gasteiger partial charge in [0.2, 0.25) is 0 Å². The largest absolute Gasteiger partial charge is 0.347 e. The topological polar surface area (TPSA) is 28.2 Å². The molecule has 0 aromatic carbocycles. The van der Waals surface area contributed by atoms with Gasteiger partial charge < -0.3 is 10.2 Å². The maximum absolute atomic E-state index is 4.99. The van der Waals surface area contributed by atoms with Gasteiger partial charge in [0.15, 0.2) is 5.13 Å². The second kappa shape index (κ2) is 6.88. The molecule has 21 heavy (non-hydrogen) atoms. The van der Waals surface area contributed by atoms with E-state index >= 15 is 0 Å². The summed E-state index contributed by atoms with van der Waals surface area (Å²) >= 11 is 3.81. The highest BCUT2D eigenvalue weighted by molar-refractivity contribution is 7.98. The van der Waals surface area contributed by atoms with E-state index in [2.05, 4.69) is 51.3 Å². The molecule has 3 nitrogen and oxygen atoms in total. The lowest BCUT2D eigenvalue weighted by Crippen LogP contribution is -2.33. The predicted octanol–water partition coefficient (Wildman–Crippen LogP) is 3.95. The van der Waals surface area contributed by atoms with E-state index in [4.69, 9.17) is 4.98 Å². The van der Waals surface area contributed by atoms with Gasteiger partial charge in [0.1, 0.15) is 0 Å². The molecule has 0 saturated carbocycles. The maximum Gasteiger partial charge on any atom is 0.185 e. The van der Waals surface area contributed by atoms with E-state index in [0.29, 0.717) is 17.5 Å². The number of hydrogen-bond donors (Lipinski definition) is 1. The van der Waals surface area contributed by atoms with E-state index < -0.39 is 0 Å². The number of fused-ring (bicyclic) bond motifs is 1. The Labute approximate surface area is 137 Å². The molecule has 2 atom stereocenters. The molecule has 0 saturated heterocycles. The minimum absolute atomic E-state index is 0.341. The second-order valence-corrected chi connectivity index (χ2v) is 8.74. The zero-order valence-electron chi connectivity index (χ0n) is 14.2. The first-order chi connectivity index (χ1) is 9.91. The Morgan fingerprint density at radius 3 is 2.81 bits per heavy atom. The van der Waals surface area contributed by atoms with E-state index in [-0.39, 0.29) is 0 Å². The minimum atomic E-state index is 0.341. The molecule has 0 fully saturated rings. The molecule has 0 bridgehead atoms. The number of nitrogens with one attached hydrogen (secondary N) is 1. The Kier molecular flexibility index (Phi) is 5.60. The van der Waals surface area contributed by atoms with Crippen LogP contribution in [0.4, 0.5) is 5.13 Å². The Morgan fingerprint density at radius 2 is 2.24 bits per heavy atom. The van der Waals surface area contributed by atoms with Crippen LogP contribution in [-0.2, 0) is 6.42 Å². The van der Waals surface area contributed by atoms with Gasteiger partial charge in [-0.05, 0) is 38.0 Å². The molecule has 2 unspecified atom stereocenters. The van der Waals surface area contributed by atoms with Gasteiger partial charge in [0.25, 0.3) is 0 Å². The highest BCUT2D eigenvalue weighted by atomic mass is 32.2. The number of aromatic nitrogens is 1. The second-order valence-electron chi connectivity index (χ2n) is 6.82. The number of anilines is 1. The van der Waals surface area contributed by atoms with E-state index in [1.807, 2.05) is 23.1 Å². The Bertz CT molecular complexity index is 470. The van der Waals surface area contributed by atoms with Crippen molar-refractivity contribution in [1.29, 1.82) is 0 Å². The van der Waals surface area contributed by atoms with Gasteiger partial charge >= 0.3 is 0 Å². The SMILES string of the molecule is CCC(CSC)N(C)c1nc2c(s1)C(NC)CC(C)(C)C2. The summed E-state index contributed by atoms with van der Waals surface area (Å²) in [4.78, 5) is 8.84. The molecular weight excluding hydrogens is 298 g/mol. The zero-order valence-corrected chi connectivity index (χ0v) is 15.8. The molecule has 0 amide bonds. The van der Waals surface area contributed by atoms with Gasteiger partial charge in [-0.2, -0.15) is 11.8 Å². The molecule has 1 aliphatic carbocycles. The van der Waals surface area contributed by atoms with E-state index in [0.717, 1.165) is 12.2 Å². The number of rotatable bonds is 6. The van der Waals surface area contributed by atoms with Crippen LogP contribution < -0.4 is 10.2 Å². The van der Waals surface area contributed by atoms with Crippen LogP contribution in [0.5, 0.6) is 0 Å². The zero-order chi connectivity index (χ0) is 15.6. The first kappa shape index (κ1) is 17.1. The average Bonchev–Trinajstić information content (AvgIpc) is 2.85. The highest BCUT2D eigenvalue weighted by Crippen LogP contribution is 2.44. The van der Waals surface area contributed by atoms with Gasteiger partial charge in [0, 0.05) is 29.8 Å². The predicted molar refractivity (Wildman–Crippen MR) is 96.9 cm³/mol. The third kappa shape index (κ3) is 3.74. The van der Waals surface area contributed by atoms with Crippen molar-refractivity contribution in [3.63, 3.8) is 0 Å². The number of thioether (sulfide) groups is 1. The summed E-state index contributed by atoms with van der Waals surface area (Å²) in [5.74, 6) is 1.16. The standard InChI is InChI=1S/C16H29N3S2/c1-7-11(10-20-6)19(5)15-18-13-9-16(2,3)8-12(17-4)14(13)21-15/h11-12,17H,7-10H2,1-6H3. The highest BCUT2D eigenvalue weighted by Gasteiger charge is 2.35. The van der Waals surface area contributed by atoms with Gasteiger partial charge in [-0.25, -0.2) is 4.98 Å². The molecule has 1 aliphatic rings. The molecule has 0 radical (unpaired) electrons. The molecule has 2 rings (SSSR count). The van der Waals surface area contributed by atoms with E-state index in [9.17, 15) is 0 Å². The van der Waals surface area contributed by atoms with Crippen molar-refractivity contribution in [2.24, 2.45) is 5.41 Å². The van der Waals surface area contributed by atoms with Crippen molar-refractivity contribution < 1.29 is 0 Å². The summed E-state index contributed by atoms with van der Waals surface area (Å²) in [6, 6.07) is 1.04. The van der Waals surface area contributed by atoms with Crippen molar-refractivity contribution in [2.75, 3.05) is 31.0 Å². The summed E-state index contributed by atoms with van der Waals surface area (Å²) in [5.41, 5.74) is 1.66. The molecular formula is C16H29N3S2. The number of nitrogens with zero attached hydrogens (tertiary/aromatic N) is 2. The van der Waals surface area contributed by atoms with Crippen LogP contribution in [0.1, 0.15) is 50.2 Å². The fourth-order valence-electron chi connectivity index (χ4n) is 3.16. The lowest BCUT2D eigenvalue weighted by Gasteiger charge is -2.34. The molecule has 1 N–H and O–H groups in total. The van der Waals surface area contributed by atoms with E-state index in [1.165, 1.54) is 28.5 Å². The lowest BCUT2D eigenvalue weighted by molar-refractivity contribution is 0.265. The number of thiazole rings is 1. The molecule has 0 aliphatic heterocycles. The lowest BCUT2D eigenvalue weighted by atomic mass is 9.76. The van der Waals surface area contributed by atoms with E-state index in [1.54, 1.807) is 0 Å². The van der Waals surface area contributed by atoms with Crippen molar-refractivity contribution >= 4 is 28.2 Å². The Morgan fingerprint density at radius 1 is 1.52 bits per heavy atom. The van der Waals surface area contributed by atoms with Crippen LogP contribution in [0.25, 0.3) is 0 Å². The maximum atomic E-state index is 4.99. The van der Waals surface area contributed by atoms with Crippen LogP contribution in [-0.4, -0.2) is 37.1 Å². The quantitative estimate of drug-likeness (QED) is 0.856. The summed E-state index contributed by atoms with van der Waals surface area (Å²) in [7, 11) is 4.27. The van der Waals surface area contributed by atoms with Crippen LogP contribution in [0, 0.1) is 5.41 Å². The van der Waals surface area contributed by atoms with Crippen molar-refractivity contribution in [1.82, 2.24) is 10.3 Å². The van der Waals surface area contributed by atoms with Crippen LogP contribution in [0.2, 0.25) is 0 Å². The van der Waals surface area contributed by atoms with Gasteiger partial charge in [-0.1, -0.05) is 32.1 Å². The summed E-state index contributed by atoms with van der Waals surface area (Å²) < 4.78 is 0. The summed E-state index contributed by atoms with van der Waals surface area (Å²) in [5, 5.41) is 4.68. The Balaban J connectivity index is 2.27. The normalized spacial score (nSPS) is 21.9. The summed E-state index contributed by atoms with van der Waals surface area (Å²) in [6.45, 7) is 6.97. The van der Waals surface area contributed by atoms with Gasteiger partial charge in [0.05, 0.1) is 5.69 Å². The van der Waals surface area contributed by atoms with Crippen molar-refractivity contribution in [2.45, 2.75) is 52.1 Å². The smallest absolute Gasteiger partial charge is 0.185 e. The minimum Gasteiger partial charge on any atom is -0.347 e. The third-order valence-electron chi connectivity index (χ3n) is 4.46. The molecule has 1 heterocycles. The Hall–Kier alpha value is -0.260. The fraction of sp³-hybridized carbons (Fsp3) is 0.812. The first-order valence-corrected chi connectivity index (χ1v) is 10.0. The van der Waals surface area contributed by atoms with Gasteiger partial charge in [-0.15, -0.1) is 0 Å². The number of hydrogen-bond acceptors (Lipinski definition) is 5. The molecule has 1 aromatic heterocycles.